The Kier molecular flexibility index (Phi) is 2.45. The van der Waals surface area contributed by atoms with E-state index in [9.17, 15) is 4.79 Å². The van der Waals surface area contributed by atoms with Gasteiger partial charge in [-0.15, -0.1) is 0 Å². The van der Waals surface area contributed by atoms with Crippen molar-refractivity contribution in [3.8, 4) is 0 Å². The van der Waals surface area contributed by atoms with Crippen LogP contribution in [-0.4, -0.2) is 50.0 Å². The molecule has 2 aliphatic rings. The molecular formula is C10H17BN2O2. The number of hydrogen-bond acceptors (Lipinski definition) is 2. The van der Waals surface area contributed by atoms with Gasteiger partial charge in [-0.05, 0) is 6.42 Å². The number of nitrogens with one attached hydrogen (secondary N) is 1. The van der Waals surface area contributed by atoms with Crippen LogP contribution in [0.25, 0.3) is 0 Å². The predicted molar refractivity (Wildman–Crippen MR) is 57.8 cm³/mol. The molecule has 0 aromatic carbocycles. The average molecular weight is 208 g/mol. The van der Waals surface area contributed by atoms with Crippen LogP contribution in [0.15, 0.2) is 0 Å². The van der Waals surface area contributed by atoms with E-state index >= 15 is 0 Å². The molecule has 2 bridgehead atoms. The van der Waals surface area contributed by atoms with Crippen LogP contribution in [0.4, 0.5) is 4.79 Å². The van der Waals surface area contributed by atoms with Gasteiger partial charge in [-0.3, -0.25) is 0 Å². The summed E-state index contributed by atoms with van der Waals surface area (Å²) in [6, 6.07) is -0.440. The fourth-order valence-corrected chi connectivity index (χ4v) is 2.82. The second-order valence-electron chi connectivity index (χ2n) is 4.55. The van der Waals surface area contributed by atoms with Gasteiger partial charge in [0.2, 0.25) is 0 Å². The van der Waals surface area contributed by atoms with E-state index in [1.165, 1.54) is 0 Å². The van der Waals surface area contributed by atoms with Gasteiger partial charge in [0.1, 0.15) is 7.85 Å². The molecule has 2 heterocycles. The van der Waals surface area contributed by atoms with Crippen molar-refractivity contribution in [3.05, 3.63) is 0 Å². The second kappa shape index (κ2) is 3.40. The van der Waals surface area contributed by atoms with Crippen molar-refractivity contribution in [2.45, 2.75) is 37.9 Å². The highest BCUT2D eigenvalue weighted by Crippen LogP contribution is 2.41. The molecule has 0 aromatic rings. The largest absolute Gasteiger partial charge is 0.377 e. The van der Waals surface area contributed by atoms with Crippen molar-refractivity contribution >= 4 is 13.9 Å². The van der Waals surface area contributed by atoms with Crippen molar-refractivity contribution in [3.63, 3.8) is 0 Å². The first-order chi connectivity index (χ1) is 7.02. The summed E-state index contributed by atoms with van der Waals surface area (Å²) in [6.45, 7) is 4.74. The molecule has 2 aliphatic heterocycles. The van der Waals surface area contributed by atoms with E-state index < -0.39 is 0 Å². The van der Waals surface area contributed by atoms with Crippen LogP contribution >= 0.6 is 0 Å². The number of urea groups is 1. The van der Waals surface area contributed by atoms with Crippen molar-refractivity contribution in [1.82, 2.24) is 10.2 Å². The number of rotatable bonds is 1. The van der Waals surface area contributed by atoms with Crippen LogP contribution in [0.1, 0.15) is 20.3 Å². The summed E-state index contributed by atoms with van der Waals surface area (Å²) in [7, 11) is 7.72. The predicted octanol–water partition coefficient (Wildman–Crippen LogP) is 0.320. The van der Waals surface area contributed by atoms with Crippen molar-refractivity contribution < 1.29 is 9.53 Å². The molecule has 4 atom stereocenters. The smallest absolute Gasteiger partial charge is 0.317 e. The number of nitrogens with zero attached hydrogens (tertiary/aromatic N) is 1. The van der Waals surface area contributed by atoms with Gasteiger partial charge < -0.3 is 15.0 Å². The Morgan fingerprint density at radius 3 is 3.00 bits per heavy atom. The van der Waals surface area contributed by atoms with Gasteiger partial charge in [-0.25, -0.2) is 4.79 Å². The van der Waals surface area contributed by atoms with Crippen molar-refractivity contribution in [2.24, 2.45) is 5.92 Å². The van der Waals surface area contributed by atoms with Gasteiger partial charge in [0.05, 0.1) is 11.6 Å². The Morgan fingerprint density at radius 2 is 2.40 bits per heavy atom. The number of carbonyl (C=O) groups is 1. The van der Waals surface area contributed by atoms with E-state index in [0.29, 0.717) is 6.54 Å². The van der Waals surface area contributed by atoms with E-state index in [4.69, 9.17) is 12.6 Å². The first-order valence-corrected chi connectivity index (χ1v) is 5.46. The molecule has 82 valence electrons. The second-order valence-corrected chi connectivity index (χ2v) is 4.55. The molecule has 4 nitrogen and oxygen atoms in total. The molecular weight excluding hydrogens is 191 g/mol. The van der Waals surface area contributed by atoms with Gasteiger partial charge in [0.25, 0.3) is 0 Å². The van der Waals surface area contributed by atoms with E-state index in [-0.39, 0.29) is 29.6 Å². The number of hydrogen-bond donors (Lipinski definition) is 1. The lowest BCUT2D eigenvalue weighted by molar-refractivity contribution is -0.0330. The third-order valence-corrected chi connectivity index (χ3v) is 3.95. The number of amides is 2. The lowest BCUT2D eigenvalue weighted by atomic mass is 9.80. The zero-order chi connectivity index (χ0) is 11.2. The van der Waals surface area contributed by atoms with Gasteiger partial charge in [0.15, 0.2) is 0 Å². The van der Waals surface area contributed by atoms with Gasteiger partial charge in [0, 0.05) is 25.5 Å². The van der Waals surface area contributed by atoms with Crippen LogP contribution in [0.5, 0.6) is 0 Å². The minimum Gasteiger partial charge on any atom is -0.377 e. The minimum atomic E-state index is -0.365. The summed E-state index contributed by atoms with van der Waals surface area (Å²) in [5.74, 6) is 0.265. The maximum absolute atomic E-state index is 11.7. The summed E-state index contributed by atoms with van der Waals surface area (Å²) in [6.07, 6.45) is 0.868. The van der Waals surface area contributed by atoms with E-state index in [1.54, 1.807) is 11.9 Å². The molecule has 5 heteroatoms. The molecule has 2 rings (SSSR count). The first kappa shape index (κ1) is 10.8. The first-order valence-electron chi connectivity index (χ1n) is 5.46. The zero-order valence-corrected chi connectivity index (χ0v) is 9.49. The zero-order valence-electron chi connectivity index (χ0n) is 9.49. The number of carbonyl (C=O) groups excluding carboxylic acids is 1. The van der Waals surface area contributed by atoms with Crippen molar-refractivity contribution in [1.29, 1.82) is 0 Å². The van der Waals surface area contributed by atoms with Crippen LogP contribution in [0.2, 0.25) is 0 Å². The maximum Gasteiger partial charge on any atom is 0.317 e. The summed E-state index contributed by atoms with van der Waals surface area (Å²) in [4.78, 5) is 13.3. The Morgan fingerprint density at radius 1 is 1.73 bits per heavy atom. The maximum atomic E-state index is 11.7. The van der Waals surface area contributed by atoms with Gasteiger partial charge >= 0.3 is 6.03 Å². The average Bonchev–Trinajstić information content (AvgIpc) is 2.41. The lowest BCUT2D eigenvalue weighted by Gasteiger charge is -2.31. The summed E-state index contributed by atoms with van der Waals surface area (Å²) in [5, 5.41) is 2.87. The highest BCUT2D eigenvalue weighted by molar-refractivity contribution is 6.12. The lowest BCUT2D eigenvalue weighted by Crippen LogP contribution is -2.49. The fourth-order valence-electron chi connectivity index (χ4n) is 2.82. The normalized spacial score (nSPS) is 45.1. The van der Waals surface area contributed by atoms with E-state index in [0.717, 1.165) is 6.42 Å². The Labute approximate surface area is 91.7 Å². The molecule has 0 aliphatic carbocycles. The molecule has 0 aromatic heterocycles. The van der Waals surface area contributed by atoms with Gasteiger partial charge in [-0.1, -0.05) is 13.8 Å². The Bertz CT molecular complexity index is 287. The number of likely N-dealkylation sites (N-methyl/N-ethyl adjacent to an activating group) is 1. The third-order valence-electron chi connectivity index (χ3n) is 3.95. The van der Waals surface area contributed by atoms with Crippen LogP contribution in [-0.2, 0) is 4.74 Å². The van der Waals surface area contributed by atoms with Gasteiger partial charge in [-0.2, -0.15) is 0 Å². The molecule has 0 saturated carbocycles. The summed E-state index contributed by atoms with van der Waals surface area (Å²) in [5.41, 5.74) is -0.287. The monoisotopic (exact) mass is 208 g/mol. The number of fused-ring (bicyclic) bond motifs is 2. The van der Waals surface area contributed by atoms with Crippen LogP contribution < -0.4 is 5.32 Å². The number of ether oxygens (including phenoxy) is 1. The topological polar surface area (TPSA) is 41.6 Å². The molecule has 0 spiro atoms. The Balaban J connectivity index is 2.36. The highest BCUT2D eigenvalue weighted by atomic mass is 16.5. The Hall–Kier alpha value is -0.705. The fraction of sp³-hybridized carbons (Fsp3) is 0.900. The quantitative estimate of drug-likeness (QED) is 0.630. The molecule has 2 radical (unpaired) electrons. The van der Waals surface area contributed by atoms with Crippen LogP contribution in [0, 0.1) is 5.92 Å². The third kappa shape index (κ3) is 1.36. The molecule has 2 amide bonds. The summed E-state index contributed by atoms with van der Waals surface area (Å²) >= 11 is 0. The van der Waals surface area contributed by atoms with Crippen LogP contribution in [0.3, 0.4) is 0 Å². The minimum absolute atomic E-state index is 0.0209. The molecule has 1 N–H and O–H groups in total. The molecule has 2 fully saturated rings. The molecule has 15 heavy (non-hydrogen) atoms. The standard InChI is InChI=1S/C10H17BN2O2/c1-4-10-5-12-9(14)13(3)7(6(10)2)8(11)15-10/h6-8H,4-5H2,1-3H3,(H,12,14)/t6?,7-,8+,10-/m0/s1. The summed E-state index contributed by atoms with van der Waals surface area (Å²) < 4.78 is 5.85. The SMILES string of the molecule is [B][C@@H]1O[C@@]2(CC)CNC(=O)N(C)[C@H]1C2C. The van der Waals surface area contributed by atoms with E-state index in [2.05, 4.69) is 19.2 Å². The molecule has 2 saturated heterocycles. The molecule has 1 unspecified atom stereocenters. The highest BCUT2D eigenvalue weighted by Gasteiger charge is 2.53. The van der Waals surface area contributed by atoms with E-state index in [1.807, 2.05) is 0 Å². The van der Waals surface area contributed by atoms with Crippen molar-refractivity contribution in [2.75, 3.05) is 13.6 Å².